The Morgan fingerprint density at radius 2 is 2.04 bits per heavy atom. The SMILES string of the molecule is O=C(N[C@@H]1CCCN(c2ncccn2)C1)C1=Cc2ccccc2OC=C1. The first kappa shape index (κ1) is 16.3. The van der Waals surface area contributed by atoms with Gasteiger partial charge in [0.25, 0.3) is 5.91 Å². The van der Waals surface area contributed by atoms with Gasteiger partial charge in [-0.05, 0) is 37.1 Å². The first-order chi connectivity index (χ1) is 12.8. The quantitative estimate of drug-likeness (QED) is 0.923. The highest BCUT2D eigenvalue weighted by Crippen LogP contribution is 2.24. The zero-order valence-electron chi connectivity index (χ0n) is 14.3. The molecule has 0 unspecified atom stereocenters. The Balaban J connectivity index is 1.45. The van der Waals surface area contributed by atoms with E-state index in [1.165, 1.54) is 0 Å². The smallest absolute Gasteiger partial charge is 0.251 e. The van der Waals surface area contributed by atoms with E-state index in [2.05, 4.69) is 20.2 Å². The van der Waals surface area contributed by atoms with Gasteiger partial charge in [-0.2, -0.15) is 0 Å². The lowest BCUT2D eigenvalue weighted by Crippen LogP contribution is -2.48. The van der Waals surface area contributed by atoms with Crippen molar-refractivity contribution in [3.63, 3.8) is 0 Å². The van der Waals surface area contributed by atoms with Crippen molar-refractivity contribution in [2.24, 2.45) is 0 Å². The summed E-state index contributed by atoms with van der Waals surface area (Å²) in [6.07, 6.45) is 10.5. The number of aromatic nitrogens is 2. The third kappa shape index (κ3) is 3.59. The van der Waals surface area contributed by atoms with Crippen LogP contribution in [0.2, 0.25) is 0 Å². The molecule has 2 aliphatic heterocycles. The number of rotatable bonds is 3. The van der Waals surface area contributed by atoms with Crippen LogP contribution >= 0.6 is 0 Å². The fourth-order valence-electron chi connectivity index (χ4n) is 3.24. The molecule has 0 aliphatic carbocycles. The van der Waals surface area contributed by atoms with Gasteiger partial charge in [0.05, 0.1) is 6.26 Å². The number of para-hydroxylation sites is 1. The fourth-order valence-corrected chi connectivity index (χ4v) is 3.24. The molecule has 1 fully saturated rings. The molecule has 0 saturated carbocycles. The minimum absolute atomic E-state index is 0.0637. The molecule has 1 saturated heterocycles. The highest BCUT2D eigenvalue weighted by atomic mass is 16.5. The Bertz CT molecular complexity index is 848. The molecular weight excluding hydrogens is 328 g/mol. The molecule has 1 aromatic heterocycles. The van der Waals surface area contributed by atoms with Crippen LogP contribution in [0.4, 0.5) is 5.95 Å². The van der Waals surface area contributed by atoms with Crippen LogP contribution in [0.3, 0.4) is 0 Å². The average molecular weight is 348 g/mol. The van der Waals surface area contributed by atoms with Crippen LogP contribution < -0.4 is 15.0 Å². The van der Waals surface area contributed by atoms with E-state index in [0.29, 0.717) is 18.1 Å². The number of piperidine rings is 1. The van der Waals surface area contributed by atoms with Crippen molar-refractivity contribution >= 4 is 17.9 Å². The molecule has 0 radical (unpaired) electrons. The van der Waals surface area contributed by atoms with Crippen LogP contribution in [0.15, 0.2) is 60.6 Å². The lowest BCUT2D eigenvalue weighted by molar-refractivity contribution is -0.117. The second-order valence-electron chi connectivity index (χ2n) is 6.37. The van der Waals surface area contributed by atoms with Gasteiger partial charge < -0.3 is 15.0 Å². The van der Waals surface area contributed by atoms with Crippen molar-refractivity contribution in [1.82, 2.24) is 15.3 Å². The van der Waals surface area contributed by atoms with E-state index in [1.54, 1.807) is 30.8 Å². The summed E-state index contributed by atoms with van der Waals surface area (Å²) < 4.78 is 5.56. The average Bonchev–Trinajstić information content (AvgIpc) is 2.91. The van der Waals surface area contributed by atoms with Crippen LogP contribution in [0.1, 0.15) is 18.4 Å². The molecule has 26 heavy (non-hydrogen) atoms. The minimum atomic E-state index is -0.0950. The van der Waals surface area contributed by atoms with Crippen LogP contribution in [0.25, 0.3) is 6.08 Å². The summed E-state index contributed by atoms with van der Waals surface area (Å²) in [5.74, 6) is 1.36. The van der Waals surface area contributed by atoms with Crippen LogP contribution in [0, 0.1) is 0 Å². The molecule has 1 N–H and O–H groups in total. The number of anilines is 1. The van der Waals surface area contributed by atoms with E-state index in [-0.39, 0.29) is 11.9 Å². The number of carbonyl (C=O) groups excluding carboxylic acids is 1. The van der Waals surface area contributed by atoms with Gasteiger partial charge in [-0.1, -0.05) is 18.2 Å². The number of fused-ring (bicyclic) bond motifs is 1. The summed E-state index contributed by atoms with van der Waals surface area (Å²) in [4.78, 5) is 23.5. The maximum Gasteiger partial charge on any atom is 0.251 e. The lowest BCUT2D eigenvalue weighted by atomic mass is 10.0. The Morgan fingerprint density at radius 1 is 1.19 bits per heavy atom. The van der Waals surface area contributed by atoms with Gasteiger partial charge in [-0.3, -0.25) is 4.79 Å². The van der Waals surface area contributed by atoms with Gasteiger partial charge >= 0.3 is 0 Å². The van der Waals surface area contributed by atoms with Crippen LogP contribution in [-0.2, 0) is 4.79 Å². The zero-order valence-corrected chi connectivity index (χ0v) is 14.3. The van der Waals surface area contributed by atoms with E-state index in [1.807, 2.05) is 30.3 Å². The molecule has 3 heterocycles. The number of hydrogen-bond acceptors (Lipinski definition) is 5. The number of nitrogens with zero attached hydrogens (tertiary/aromatic N) is 3. The van der Waals surface area contributed by atoms with Crippen molar-refractivity contribution < 1.29 is 9.53 Å². The van der Waals surface area contributed by atoms with Crippen LogP contribution in [0.5, 0.6) is 5.75 Å². The monoisotopic (exact) mass is 348 g/mol. The second-order valence-corrected chi connectivity index (χ2v) is 6.37. The Morgan fingerprint density at radius 3 is 2.92 bits per heavy atom. The first-order valence-electron chi connectivity index (χ1n) is 8.76. The van der Waals surface area contributed by atoms with Gasteiger partial charge in [0, 0.05) is 42.7 Å². The Hall–Kier alpha value is -3.15. The first-order valence-corrected chi connectivity index (χ1v) is 8.76. The minimum Gasteiger partial charge on any atom is -0.464 e. The van der Waals surface area contributed by atoms with Gasteiger partial charge in [0.1, 0.15) is 5.75 Å². The summed E-state index contributed by atoms with van der Waals surface area (Å²) in [6.45, 7) is 1.61. The number of nitrogens with one attached hydrogen (secondary N) is 1. The Labute approximate surface area is 152 Å². The summed E-state index contributed by atoms with van der Waals surface area (Å²) in [6, 6.07) is 9.53. The number of carbonyl (C=O) groups is 1. The maximum atomic E-state index is 12.7. The van der Waals surface area contributed by atoms with E-state index in [4.69, 9.17) is 4.74 Å². The fraction of sp³-hybridized carbons (Fsp3) is 0.250. The van der Waals surface area contributed by atoms with Crippen LogP contribution in [-0.4, -0.2) is 35.0 Å². The lowest BCUT2D eigenvalue weighted by Gasteiger charge is -2.33. The van der Waals surface area contributed by atoms with Gasteiger partial charge in [-0.25, -0.2) is 9.97 Å². The highest BCUT2D eigenvalue weighted by Gasteiger charge is 2.24. The molecule has 6 nitrogen and oxygen atoms in total. The molecule has 132 valence electrons. The standard InChI is InChI=1S/C20H20N4O2/c25-19(16-8-12-26-18-7-2-1-5-15(18)13-16)23-17-6-3-11-24(14-17)20-21-9-4-10-22-20/h1-2,4-5,7-10,12-13,17H,3,6,11,14H2,(H,23,25)/t17-/m1/s1. The highest BCUT2D eigenvalue weighted by molar-refractivity contribution is 6.01. The molecule has 1 amide bonds. The van der Waals surface area contributed by atoms with Gasteiger partial charge in [0.15, 0.2) is 0 Å². The largest absolute Gasteiger partial charge is 0.464 e. The number of amides is 1. The second kappa shape index (κ2) is 7.39. The molecular formula is C20H20N4O2. The summed E-state index contributed by atoms with van der Waals surface area (Å²) >= 11 is 0. The van der Waals surface area contributed by atoms with E-state index in [0.717, 1.165) is 30.7 Å². The number of hydrogen-bond donors (Lipinski definition) is 1. The number of benzene rings is 1. The molecule has 1 atom stereocenters. The summed E-state index contributed by atoms with van der Waals surface area (Å²) in [5, 5.41) is 3.14. The van der Waals surface area contributed by atoms with Gasteiger partial charge in [-0.15, -0.1) is 0 Å². The third-order valence-electron chi connectivity index (χ3n) is 4.53. The Kier molecular flexibility index (Phi) is 4.64. The summed E-state index contributed by atoms with van der Waals surface area (Å²) in [7, 11) is 0. The predicted octanol–water partition coefficient (Wildman–Crippen LogP) is 2.55. The van der Waals surface area contributed by atoms with E-state index in [9.17, 15) is 4.79 Å². The van der Waals surface area contributed by atoms with E-state index < -0.39 is 0 Å². The molecule has 0 spiro atoms. The molecule has 4 rings (SSSR count). The summed E-state index contributed by atoms with van der Waals surface area (Å²) in [5.41, 5.74) is 1.48. The topological polar surface area (TPSA) is 67.4 Å². The zero-order chi connectivity index (χ0) is 17.8. The van der Waals surface area contributed by atoms with Crippen molar-refractivity contribution in [3.8, 4) is 5.75 Å². The molecule has 6 heteroatoms. The molecule has 1 aromatic carbocycles. The van der Waals surface area contributed by atoms with E-state index >= 15 is 0 Å². The van der Waals surface area contributed by atoms with Crippen molar-refractivity contribution in [3.05, 3.63) is 66.2 Å². The maximum absolute atomic E-state index is 12.7. The number of ether oxygens (including phenoxy) is 1. The third-order valence-corrected chi connectivity index (χ3v) is 4.53. The molecule has 2 aromatic rings. The molecule has 0 bridgehead atoms. The normalized spacial score (nSPS) is 19.0. The van der Waals surface area contributed by atoms with Crippen molar-refractivity contribution in [2.45, 2.75) is 18.9 Å². The van der Waals surface area contributed by atoms with Crippen molar-refractivity contribution in [2.75, 3.05) is 18.0 Å². The van der Waals surface area contributed by atoms with Crippen molar-refractivity contribution in [1.29, 1.82) is 0 Å². The molecule has 2 aliphatic rings. The van der Waals surface area contributed by atoms with Gasteiger partial charge in [0.2, 0.25) is 5.95 Å². The predicted molar refractivity (Wildman–Crippen MR) is 99.6 cm³/mol.